The van der Waals surface area contributed by atoms with Crippen LogP contribution in [0.15, 0.2) is 24.3 Å². The largest absolute Gasteiger partial charge is 0.313 e. The summed E-state index contributed by atoms with van der Waals surface area (Å²) in [5.74, 6) is 0. The van der Waals surface area contributed by atoms with Gasteiger partial charge in [0.25, 0.3) is 5.69 Å². The van der Waals surface area contributed by atoms with Gasteiger partial charge in [0.15, 0.2) is 0 Å². The molecule has 1 heterocycles. The van der Waals surface area contributed by atoms with Gasteiger partial charge in [-0.25, -0.2) is 5.32 Å². The molecule has 1 saturated heterocycles. The number of benzene rings is 1. The number of nitro groups is 1. The highest BCUT2D eigenvalue weighted by Crippen LogP contribution is 2.18. The van der Waals surface area contributed by atoms with Gasteiger partial charge in [-0.3, -0.25) is 10.1 Å². The van der Waals surface area contributed by atoms with Crippen molar-refractivity contribution in [3.05, 3.63) is 39.9 Å². The van der Waals surface area contributed by atoms with Gasteiger partial charge in [-0.1, -0.05) is 12.1 Å². The Hall–Kier alpha value is -1.46. The summed E-state index contributed by atoms with van der Waals surface area (Å²) in [7, 11) is 0. The molecule has 15 heavy (non-hydrogen) atoms. The van der Waals surface area contributed by atoms with Crippen molar-refractivity contribution in [1.82, 2.24) is 10.6 Å². The number of hydrogen-bond acceptors (Lipinski definition) is 3. The Bertz CT molecular complexity index is 344. The van der Waals surface area contributed by atoms with E-state index in [1.165, 1.54) is 12.1 Å². The molecule has 5 nitrogen and oxygen atoms in total. The molecule has 0 saturated carbocycles. The minimum absolute atomic E-state index is 0.127. The Balaban J connectivity index is 2.11. The van der Waals surface area contributed by atoms with Crippen LogP contribution in [0, 0.1) is 10.1 Å². The lowest BCUT2D eigenvalue weighted by atomic mass is 10.1. The van der Waals surface area contributed by atoms with E-state index in [1.807, 2.05) is 0 Å². The molecule has 1 aromatic carbocycles. The molecule has 0 bridgehead atoms. The molecule has 1 aromatic rings. The molecule has 0 amide bonds. The molecule has 5 heteroatoms. The Kier molecular flexibility index (Phi) is 2.94. The van der Waals surface area contributed by atoms with E-state index >= 15 is 0 Å². The second-order valence-corrected chi connectivity index (χ2v) is 3.47. The van der Waals surface area contributed by atoms with Crippen molar-refractivity contribution >= 4 is 5.69 Å². The number of rotatable bonds is 2. The van der Waals surface area contributed by atoms with Crippen LogP contribution < -0.4 is 10.6 Å². The fourth-order valence-electron chi connectivity index (χ4n) is 1.64. The predicted octanol–water partition coefficient (Wildman–Crippen LogP) is 0.843. The summed E-state index contributed by atoms with van der Waals surface area (Å²) in [6.07, 6.45) is 0. The van der Waals surface area contributed by atoms with E-state index in [1.54, 1.807) is 12.1 Å². The topological polar surface area (TPSA) is 69.3 Å². The van der Waals surface area contributed by atoms with Crippen LogP contribution in [0.3, 0.4) is 0 Å². The van der Waals surface area contributed by atoms with E-state index in [9.17, 15) is 10.1 Å². The molecule has 2 rings (SSSR count). The number of piperazine rings is 1. The van der Waals surface area contributed by atoms with Crippen molar-refractivity contribution < 1.29 is 4.92 Å². The standard InChI is InChI=1S/C10H12N3O2/c14-13(15)9-3-1-8(2-4-9)10-7-11-5-6-12-10/h1-4,10-11H,5-7H2. The molecule has 1 aliphatic rings. The number of hydrogen-bond donors (Lipinski definition) is 1. The van der Waals surface area contributed by atoms with Gasteiger partial charge in [0.2, 0.25) is 0 Å². The monoisotopic (exact) mass is 206 g/mol. The highest BCUT2D eigenvalue weighted by atomic mass is 16.6. The predicted molar refractivity (Wildman–Crippen MR) is 55.7 cm³/mol. The van der Waals surface area contributed by atoms with Gasteiger partial charge in [0.05, 0.1) is 11.0 Å². The van der Waals surface area contributed by atoms with Gasteiger partial charge >= 0.3 is 0 Å². The molecule has 1 unspecified atom stereocenters. The van der Waals surface area contributed by atoms with Gasteiger partial charge in [0.1, 0.15) is 0 Å². The Morgan fingerprint density at radius 3 is 2.67 bits per heavy atom. The van der Waals surface area contributed by atoms with Crippen molar-refractivity contribution in [2.45, 2.75) is 6.04 Å². The van der Waals surface area contributed by atoms with Crippen LogP contribution in [0.25, 0.3) is 0 Å². The van der Waals surface area contributed by atoms with Crippen molar-refractivity contribution in [3.8, 4) is 0 Å². The van der Waals surface area contributed by atoms with Gasteiger partial charge in [0, 0.05) is 31.8 Å². The summed E-state index contributed by atoms with van der Waals surface area (Å²) in [6.45, 7) is 2.54. The normalized spacial score (nSPS) is 21.2. The van der Waals surface area contributed by atoms with Crippen LogP contribution in [0.5, 0.6) is 0 Å². The Morgan fingerprint density at radius 1 is 1.40 bits per heavy atom. The van der Waals surface area contributed by atoms with Crippen LogP contribution in [0.4, 0.5) is 5.69 Å². The minimum Gasteiger partial charge on any atom is -0.313 e. The lowest BCUT2D eigenvalue weighted by Gasteiger charge is -2.22. The van der Waals surface area contributed by atoms with E-state index in [0.717, 1.165) is 25.2 Å². The average Bonchev–Trinajstić information content (AvgIpc) is 2.30. The smallest absolute Gasteiger partial charge is 0.269 e. The Morgan fingerprint density at radius 2 is 2.13 bits per heavy atom. The SMILES string of the molecule is O=[N+]([O-])c1ccc(C2CNCC[N]2)cc1. The first-order valence-electron chi connectivity index (χ1n) is 4.89. The van der Waals surface area contributed by atoms with E-state index < -0.39 is 0 Å². The molecule has 0 spiro atoms. The van der Waals surface area contributed by atoms with E-state index in [2.05, 4.69) is 10.6 Å². The molecule has 1 radical (unpaired) electrons. The van der Waals surface area contributed by atoms with Gasteiger partial charge < -0.3 is 5.32 Å². The first-order chi connectivity index (χ1) is 7.27. The second kappa shape index (κ2) is 4.37. The van der Waals surface area contributed by atoms with Crippen LogP contribution in [0.1, 0.15) is 11.6 Å². The van der Waals surface area contributed by atoms with Gasteiger partial charge in [-0.2, -0.15) is 0 Å². The number of nitro benzene ring substituents is 1. The zero-order valence-electron chi connectivity index (χ0n) is 8.22. The molecular formula is C10H12N3O2. The fraction of sp³-hybridized carbons (Fsp3) is 0.400. The maximum atomic E-state index is 10.5. The van der Waals surface area contributed by atoms with Gasteiger partial charge in [-0.15, -0.1) is 0 Å². The second-order valence-electron chi connectivity index (χ2n) is 3.47. The minimum atomic E-state index is -0.389. The molecule has 1 atom stereocenters. The van der Waals surface area contributed by atoms with Gasteiger partial charge in [-0.05, 0) is 5.56 Å². The fourth-order valence-corrected chi connectivity index (χ4v) is 1.64. The van der Waals surface area contributed by atoms with Crippen LogP contribution in [0.2, 0.25) is 0 Å². The molecule has 1 N–H and O–H groups in total. The molecule has 0 aliphatic carbocycles. The molecule has 1 aliphatic heterocycles. The highest BCUT2D eigenvalue weighted by molar-refractivity contribution is 5.34. The summed E-state index contributed by atoms with van der Waals surface area (Å²) in [5.41, 5.74) is 1.16. The van der Waals surface area contributed by atoms with Crippen molar-refractivity contribution in [2.24, 2.45) is 0 Å². The highest BCUT2D eigenvalue weighted by Gasteiger charge is 2.16. The summed E-state index contributed by atoms with van der Waals surface area (Å²) in [6, 6.07) is 6.75. The zero-order chi connectivity index (χ0) is 10.7. The van der Waals surface area contributed by atoms with E-state index in [-0.39, 0.29) is 16.7 Å². The van der Waals surface area contributed by atoms with E-state index in [0.29, 0.717) is 0 Å². The maximum absolute atomic E-state index is 10.5. The van der Waals surface area contributed by atoms with Crippen LogP contribution in [-0.4, -0.2) is 24.6 Å². The number of non-ortho nitro benzene ring substituents is 1. The summed E-state index contributed by atoms with van der Waals surface area (Å²) >= 11 is 0. The lowest BCUT2D eigenvalue weighted by molar-refractivity contribution is -0.384. The molecular weight excluding hydrogens is 194 g/mol. The van der Waals surface area contributed by atoms with Crippen molar-refractivity contribution in [1.29, 1.82) is 0 Å². The Labute approximate surface area is 87.6 Å². The lowest BCUT2D eigenvalue weighted by Crippen LogP contribution is -2.38. The number of nitrogens with one attached hydrogen (secondary N) is 1. The third-order valence-corrected chi connectivity index (χ3v) is 2.46. The summed E-state index contributed by atoms with van der Waals surface area (Å²) in [5, 5.41) is 18.1. The summed E-state index contributed by atoms with van der Waals surface area (Å²) in [4.78, 5) is 10.1. The molecule has 0 aromatic heterocycles. The maximum Gasteiger partial charge on any atom is 0.269 e. The quantitative estimate of drug-likeness (QED) is 0.576. The van der Waals surface area contributed by atoms with Crippen LogP contribution in [-0.2, 0) is 0 Å². The third kappa shape index (κ3) is 2.31. The van der Waals surface area contributed by atoms with Crippen molar-refractivity contribution in [2.75, 3.05) is 19.6 Å². The molecule has 1 fully saturated rings. The average molecular weight is 206 g/mol. The zero-order valence-corrected chi connectivity index (χ0v) is 8.22. The third-order valence-electron chi connectivity index (χ3n) is 2.46. The molecule has 79 valence electrons. The first-order valence-corrected chi connectivity index (χ1v) is 4.89. The van der Waals surface area contributed by atoms with E-state index in [4.69, 9.17) is 0 Å². The van der Waals surface area contributed by atoms with Crippen molar-refractivity contribution in [3.63, 3.8) is 0 Å². The summed E-state index contributed by atoms with van der Waals surface area (Å²) < 4.78 is 0. The van der Waals surface area contributed by atoms with Crippen LogP contribution >= 0.6 is 0 Å². The number of nitrogens with zero attached hydrogens (tertiary/aromatic N) is 2. The first kappa shape index (κ1) is 10.1.